The van der Waals surface area contributed by atoms with E-state index in [1.54, 1.807) is 0 Å². The molecule has 1 aromatic rings. The zero-order valence-electron chi connectivity index (χ0n) is 11.2. The molecular formula is C11H16BrN3O4S. The molecule has 0 aliphatic rings. The number of benzene rings is 1. The lowest BCUT2D eigenvalue weighted by Crippen LogP contribution is -2.33. The Bertz CT molecular complexity index is 591. The third-order valence-electron chi connectivity index (χ3n) is 2.73. The second-order valence-corrected chi connectivity index (χ2v) is 6.81. The van der Waals surface area contributed by atoms with Crippen LogP contribution in [0.3, 0.4) is 0 Å². The van der Waals surface area contributed by atoms with Crippen molar-refractivity contribution in [1.82, 2.24) is 9.62 Å². The minimum absolute atomic E-state index is 0.191. The number of nitro groups is 1. The number of nitrogens with zero attached hydrogens (tertiary/aromatic N) is 2. The Labute approximate surface area is 126 Å². The summed E-state index contributed by atoms with van der Waals surface area (Å²) in [4.78, 5) is 11.8. The van der Waals surface area contributed by atoms with Crippen LogP contribution >= 0.6 is 15.9 Å². The molecule has 0 fully saturated rings. The number of rotatable bonds is 7. The first-order chi connectivity index (χ1) is 9.27. The average molecular weight is 366 g/mol. The summed E-state index contributed by atoms with van der Waals surface area (Å²) < 4.78 is 27.1. The summed E-state index contributed by atoms with van der Waals surface area (Å²) in [5.74, 6) is 0. The summed E-state index contributed by atoms with van der Waals surface area (Å²) in [5.41, 5.74) is -0.440. The molecule has 20 heavy (non-hydrogen) atoms. The van der Waals surface area contributed by atoms with Gasteiger partial charge in [0, 0.05) is 23.6 Å². The van der Waals surface area contributed by atoms with Crippen molar-refractivity contribution in [3.05, 3.63) is 32.8 Å². The Balaban J connectivity index is 2.97. The van der Waals surface area contributed by atoms with Gasteiger partial charge in [0.05, 0.1) is 4.92 Å². The third kappa shape index (κ3) is 4.51. The molecule has 0 saturated carbocycles. The standard InChI is InChI=1S/C11H16BrN3O4S/c1-3-14(2)7-6-13-20(18,19)11-8-9(12)4-5-10(11)15(16)17/h4-5,8,13H,3,6-7H2,1-2H3. The third-order valence-corrected chi connectivity index (χ3v) is 4.72. The van der Waals surface area contributed by atoms with Gasteiger partial charge in [0.1, 0.15) is 0 Å². The van der Waals surface area contributed by atoms with Crippen LogP contribution in [0.4, 0.5) is 5.69 Å². The second kappa shape index (κ2) is 7.11. The molecule has 0 amide bonds. The summed E-state index contributed by atoms with van der Waals surface area (Å²) in [5, 5.41) is 10.9. The summed E-state index contributed by atoms with van der Waals surface area (Å²) in [6.07, 6.45) is 0. The van der Waals surface area contributed by atoms with Gasteiger partial charge >= 0.3 is 0 Å². The highest BCUT2D eigenvalue weighted by Gasteiger charge is 2.25. The zero-order valence-corrected chi connectivity index (χ0v) is 13.6. The predicted octanol–water partition coefficient (Wildman–Crippen LogP) is 1.59. The van der Waals surface area contributed by atoms with Crippen molar-refractivity contribution >= 4 is 31.6 Å². The van der Waals surface area contributed by atoms with Crippen molar-refractivity contribution in [3.8, 4) is 0 Å². The maximum Gasteiger partial charge on any atom is 0.289 e. The first kappa shape index (κ1) is 17.0. The van der Waals surface area contributed by atoms with Gasteiger partial charge in [-0.2, -0.15) is 0 Å². The Morgan fingerprint density at radius 2 is 2.10 bits per heavy atom. The topological polar surface area (TPSA) is 92.6 Å². The minimum Gasteiger partial charge on any atom is -0.305 e. The van der Waals surface area contributed by atoms with Crippen molar-refractivity contribution in [1.29, 1.82) is 0 Å². The van der Waals surface area contributed by atoms with E-state index in [0.29, 0.717) is 11.0 Å². The van der Waals surface area contributed by atoms with Crippen LogP contribution in [-0.4, -0.2) is 44.9 Å². The van der Waals surface area contributed by atoms with Gasteiger partial charge < -0.3 is 4.90 Å². The number of sulfonamides is 1. The molecule has 0 aromatic heterocycles. The molecule has 1 N–H and O–H groups in total. The quantitative estimate of drug-likeness (QED) is 0.584. The zero-order chi connectivity index (χ0) is 15.3. The highest BCUT2D eigenvalue weighted by molar-refractivity contribution is 9.10. The number of likely N-dealkylation sites (N-methyl/N-ethyl adjacent to an activating group) is 1. The molecule has 9 heteroatoms. The highest BCUT2D eigenvalue weighted by Crippen LogP contribution is 2.26. The number of hydrogen-bond donors (Lipinski definition) is 1. The van der Waals surface area contributed by atoms with Gasteiger partial charge in [-0.1, -0.05) is 22.9 Å². The number of halogens is 1. The van der Waals surface area contributed by atoms with Crippen molar-refractivity contribution < 1.29 is 13.3 Å². The Morgan fingerprint density at radius 3 is 2.65 bits per heavy atom. The molecular weight excluding hydrogens is 350 g/mol. The molecule has 7 nitrogen and oxygen atoms in total. The Morgan fingerprint density at radius 1 is 1.45 bits per heavy atom. The van der Waals surface area contributed by atoms with E-state index in [9.17, 15) is 18.5 Å². The lowest BCUT2D eigenvalue weighted by molar-refractivity contribution is -0.387. The molecule has 1 aromatic carbocycles. The molecule has 0 aliphatic carbocycles. The van der Waals surface area contributed by atoms with Crippen molar-refractivity contribution in [2.75, 3.05) is 26.7 Å². The number of nitrogens with one attached hydrogen (secondary N) is 1. The van der Waals surface area contributed by atoms with Crippen LogP contribution in [0, 0.1) is 10.1 Å². The van der Waals surface area contributed by atoms with Crippen molar-refractivity contribution in [3.63, 3.8) is 0 Å². The molecule has 1 rings (SSSR count). The SMILES string of the molecule is CCN(C)CCNS(=O)(=O)c1cc(Br)ccc1[N+](=O)[O-]. The maximum atomic E-state index is 12.1. The Hall–Kier alpha value is -1.03. The average Bonchev–Trinajstić information content (AvgIpc) is 2.37. The molecule has 0 bridgehead atoms. The molecule has 0 unspecified atom stereocenters. The summed E-state index contributed by atoms with van der Waals surface area (Å²) in [7, 11) is -2.05. The Kier molecular flexibility index (Phi) is 6.06. The monoisotopic (exact) mass is 365 g/mol. The molecule has 0 atom stereocenters. The van der Waals surface area contributed by atoms with E-state index in [2.05, 4.69) is 20.7 Å². The fourth-order valence-corrected chi connectivity index (χ4v) is 3.19. The van der Waals surface area contributed by atoms with E-state index in [1.807, 2.05) is 18.9 Å². The lowest BCUT2D eigenvalue weighted by Gasteiger charge is -2.14. The molecule has 0 radical (unpaired) electrons. The summed E-state index contributed by atoms with van der Waals surface area (Å²) in [6.45, 7) is 3.46. The van der Waals surface area contributed by atoms with Crippen molar-refractivity contribution in [2.45, 2.75) is 11.8 Å². The van der Waals surface area contributed by atoms with Gasteiger partial charge in [0.15, 0.2) is 4.90 Å². The molecule has 0 saturated heterocycles. The van der Waals surface area contributed by atoms with Crippen molar-refractivity contribution in [2.24, 2.45) is 0 Å². The molecule has 112 valence electrons. The highest BCUT2D eigenvalue weighted by atomic mass is 79.9. The first-order valence-corrected chi connectivity index (χ1v) is 8.17. The minimum atomic E-state index is -3.91. The second-order valence-electron chi connectivity index (χ2n) is 4.16. The van der Waals surface area contributed by atoms with Gasteiger partial charge in [-0.3, -0.25) is 10.1 Å². The fourth-order valence-electron chi connectivity index (χ4n) is 1.46. The number of hydrogen-bond acceptors (Lipinski definition) is 5. The van der Waals surface area contributed by atoms with E-state index in [-0.39, 0.29) is 11.4 Å². The van der Waals surface area contributed by atoms with Crippen LogP contribution in [0.15, 0.2) is 27.6 Å². The fraction of sp³-hybridized carbons (Fsp3) is 0.455. The van der Waals surface area contributed by atoms with Gasteiger partial charge in [-0.25, -0.2) is 13.1 Å². The van der Waals surface area contributed by atoms with E-state index in [1.165, 1.54) is 12.1 Å². The smallest absolute Gasteiger partial charge is 0.289 e. The van der Waals surface area contributed by atoms with E-state index >= 15 is 0 Å². The van der Waals surface area contributed by atoms with Crippen LogP contribution in [0.1, 0.15) is 6.92 Å². The van der Waals surface area contributed by atoms with E-state index in [4.69, 9.17) is 0 Å². The maximum absolute atomic E-state index is 12.1. The van der Waals surface area contributed by atoms with Crippen LogP contribution in [0.5, 0.6) is 0 Å². The molecule has 0 aliphatic heterocycles. The number of nitro benzene ring substituents is 1. The van der Waals surface area contributed by atoms with Crippen LogP contribution < -0.4 is 4.72 Å². The largest absolute Gasteiger partial charge is 0.305 e. The van der Waals surface area contributed by atoms with Crippen LogP contribution in [0.25, 0.3) is 0 Å². The van der Waals surface area contributed by atoms with Gasteiger partial charge in [-0.05, 0) is 25.7 Å². The summed E-state index contributed by atoms with van der Waals surface area (Å²) in [6, 6.07) is 3.82. The van der Waals surface area contributed by atoms with Crippen LogP contribution in [0.2, 0.25) is 0 Å². The molecule has 0 heterocycles. The van der Waals surface area contributed by atoms with Gasteiger partial charge in [0.2, 0.25) is 10.0 Å². The van der Waals surface area contributed by atoms with Gasteiger partial charge in [-0.15, -0.1) is 0 Å². The lowest BCUT2D eigenvalue weighted by atomic mass is 10.3. The normalized spacial score (nSPS) is 11.8. The van der Waals surface area contributed by atoms with Gasteiger partial charge in [0.25, 0.3) is 5.69 Å². The summed E-state index contributed by atoms with van der Waals surface area (Å²) >= 11 is 3.12. The van der Waals surface area contributed by atoms with Crippen LogP contribution in [-0.2, 0) is 10.0 Å². The predicted molar refractivity (Wildman–Crippen MR) is 79.2 cm³/mol. The van der Waals surface area contributed by atoms with E-state index < -0.39 is 20.6 Å². The first-order valence-electron chi connectivity index (χ1n) is 5.90. The van der Waals surface area contributed by atoms with E-state index in [0.717, 1.165) is 12.6 Å². The molecule has 0 spiro atoms.